The maximum absolute atomic E-state index is 12.5. The van der Waals surface area contributed by atoms with Gasteiger partial charge in [-0.15, -0.1) is 11.3 Å². The molecule has 0 spiro atoms. The smallest absolute Gasteiger partial charge is 0.194 e. The van der Waals surface area contributed by atoms with Crippen LogP contribution in [0.2, 0.25) is 0 Å². The summed E-state index contributed by atoms with van der Waals surface area (Å²) < 4.78 is 7.42. The lowest BCUT2D eigenvalue weighted by molar-refractivity contribution is 0.104. The van der Waals surface area contributed by atoms with E-state index in [0.29, 0.717) is 5.56 Å². The van der Waals surface area contributed by atoms with Crippen LogP contribution >= 0.6 is 11.3 Å². The SMILES string of the molecule is Cc1cn2c(/C=C/C(=O)c3ccc(N4CCOCC4)cc3)c(C)nc2s1. The van der Waals surface area contributed by atoms with Crippen LogP contribution in [0.3, 0.4) is 0 Å². The molecule has 5 nitrogen and oxygen atoms in total. The van der Waals surface area contributed by atoms with Crippen molar-refractivity contribution in [1.82, 2.24) is 9.38 Å². The molecular weight excluding hydrogens is 346 g/mol. The van der Waals surface area contributed by atoms with Gasteiger partial charge >= 0.3 is 0 Å². The quantitative estimate of drug-likeness (QED) is 0.520. The van der Waals surface area contributed by atoms with Gasteiger partial charge in [-0.3, -0.25) is 9.20 Å². The van der Waals surface area contributed by atoms with E-state index >= 15 is 0 Å². The van der Waals surface area contributed by atoms with Crippen LogP contribution in [0.15, 0.2) is 36.5 Å². The van der Waals surface area contributed by atoms with E-state index in [9.17, 15) is 4.79 Å². The fourth-order valence-electron chi connectivity index (χ4n) is 3.19. The molecule has 1 aliphatic rings. The van der Waals surface area contributed by atoms with E-state index in [2.05, 4.69) is 23.0 Å². The summed E-state index contributed by atoms with van der Waals surface area (Å²) in [7, 11) is 0. The molecule has 0 amide bonds. The van der Waals surface area contributed by atoms with Gasteiger partial charge in [0.05, 0.1) is 24.6 Å². The second-order valence-corrected chi connectivity index (χ2v) is 7.63. The summed E-state index contributed by atoms with van der Waals surface area (Å²) in [6.45, 7) is 7.32. The van der Waals surface area contributed by atoms with Gasteiger partial charge in [-0.05, 0) is 50.3 Å². The van der Waals surface area contributed by atoms with E-state index < -0.39 is 0 Å². The highest BCUT2D eigenvalue weighted by atomic mass is 32.1. The van der Waals surface area contributed by atoms with E-state index in [4.69, 9.17) is 4.74 Å². The van der Waals surface area contributed by atoms with Crippen LogP contribution in [0.25, 0.3) is 11.0 Å². The van der Waals surface area contributed by atoms with Gasteiger partial charge in [0, 0.05) is 35.4 Å². The largest absolute Gasteiger partial charge is 0.378 e. The third-order valence-electron chi connectivity index (χ3n) is 4.58. The topological polar surface area (TPSA) is 46.8 Å². The van der Waals surface area contributed by atoms with Gasteiger partial charge in [-0.25, -0.2) is 4.98 Å². The number of imidazole rings is 1. The number of hydrogen-bond donors (Lipinski definition) is 0. The molecule has 0 bridgehead atoms. The van der Waals surface area contributed by atoms with Crippen LogP contribution in [-0.4, -0.2) is 41.5 Å². The first-order valence-electron chi connectivity index (χ1n) is 8.72. The lowest BCUT2D eigenvalue weighted by Gasteiger charge is -2.28. The highest BCUT2D eigenvalue weighted by molar-refractivity contribution is 7.17. The van der Waals surface area contributed by atoms with Crippen molar-refractivity contribution in [2.75, 3.05) is 31.2 Å². The van der Waals surface area contributed by atoms with Crippen molar-refractivity contribution in [3.63, 3.8) is 0 Å². The van der Waals surface area contributed by atoms with Crippen LogP contribution in [-0.2, 0) is 4.74 Å². The molecule has 134 valence electrons. The number of benzene rings is 1. The standard InChI is InChI=1S/C20H21N3O2S/c1-14-13-23-18(15(2)21-20(23)26-14)7-8-19(24)16-3-5-17(6-4-16)22-9-11-25-12-10-22/h3-8,13H,9-12H2,1-2H3/b8-7+. The number of allylic oxidation sites excluding steroid dienone is 1. The normalized spacial score (nSPS) is 15.2. The molecule has 26 heavy (non-hydrogen) atoms. The highest BCUT2D eigenvalue weighted by Crippen LogP contribution is 2.22. The number of carbonyl (C=O) groups excluding carboxylic acids is 1. The minimum atomic E-state index is -0.000158. The van der Waals surface area contributed by atoms with Crippen LogP contribution in [0, 0.1) is 13.8 Å². The first kappa shape index (κ1) is 17.0. The van der Waals surface area contributed by atoms with E-state index in [1.54, 1.807) is 17.4 Å². The molecule has 0 atom stereocenters. The number of carbonyl (C=O) groups is 1. The third-order valence-corrected chi connectivity index (χ3v) is 5.48. The Balaban J connectivity index is 1.52. The maximum Gasteiger partial charge on any atom is 0.194 e. The van der Waals surface area contributed by atoms with E-state index in [-0.39, 0.29) is 5.78 Å². The van der Waals surface area contributed by atoms with Gasteiger partial charge in [-0.1, -0.05) is 0 Å². The molecule has 4 rings (SSSR count). The van der Waals surface area contributed by atoms with Crippen LogP contribution in [0.1, 0.15) is 26.6 Å². The summed E-state index contributed by atoms with van der Waals surface area (Å²) in [6.07, 6.45) is 5.55. The molecule has 1 aromatic carbocycles. The average Bonchev–Trinajstić information content (AvgIpc) is 3.15. The predicted molar refractivity (Wildman–Crippen MR) is 105 cm³/mol. The van der Waals surface area contributed by atoms with Gasteiger partial charge in [0.1, 0.15) is 0 Å². The number of aryl methyl sites for hydroxylation is 2. The number of ether oxygens (including phenoxy) is 1. The number of rotatable bonds is 4. The van der Waals surface area contributed by atoms with Crippen molar-refractivity contribution < 1.29 is 9.53 Å². The molecular formula is C20H21N3O2S. The number of ketones is 1. The molecule has 6 heteroatoms. The molecule has 1 saturated heterocycles. The molecule has 3 heterocycles. The Morgan fingerprint density at radius 3 is 2.65 bits per heavy atom. The zero-order valence-electron chi connectivity index (χ0n) is 14.9. The number of nitrogens with zero attached hydrogens (tertiary/aromatic N) is 3. The summed E-state index contributed by atoms with van der Waals surface area (Å²) in [5.74, 6) is -0.000158. The molecule has 1 aliphatic heterocycles. The third kappa shape index (κ3) is 3.30. The number of fused-ring (bicyclic) bond motifs is 1. The van der Waals surface area contributed by atoms with Gasteiger partial charge < -0.3 is 9.64 Å². The summed E-state index contributed by atoms with van der Waals surface area (Å²) in [5, 5.41) is 0. The number of hydrogen-bond acceptors (Lipinski definition) is 5. The lowest BCUT2D eigenvalue weighted by Crippen LogP contribution is -2.36. The number of aromatic nitrogens is 2. The van der Waals surface area contributed by atoms with Crippen LogP contribution in [0.5, 0.6) is 0 Å². The molecule has 1 fully saturated rings. The Morgan fingerprint density at radius 1 is 1.19 bits per heavy atom. The van der Waals surface area contributed by atoms with Gasteiger partial charge in [-0.2, -0.15) is 0 Å². The van der Waals surface area contributed by atoms with Crippen molar-refractivity contribution in [2.24, 2.45) is 0 Å². The van der Waals surface area contributed by atoms with Crippen molar-refractivity contribution in [1.29, 1.82) is 0 Å². The highest BCUT2D eigenvalue weighted by Gasteiger charge is 2.12. The molecule has 0 N–H and O–H groups in total. The van der Waals surface area contributed by atoms with Crippen molar-refractivity contribution in [3.05, 3.63) is 58.4 Å². The lowest BCUT2D eigenvalue weighted by atomic mass is 10.1. The van der Waals surface area contributed by atoms with E-state index in [1.165, 1.54) is 4.88 Å². The van der Waals surface area contributed by atoms with E-state index in [0.717, 1.165) is 48.3 Å². The van der Waals surface area contributed by atoms with E-state index in [1.807, 2.05) is 41.7 Å². The predicted octanol–water partition coefficient (Wildman–Crippen LogP) is 3.75. The summed E-state index contributed by atoms with van der Waals surface area (Å²) in [5.41, 5.74) is 3.72. The van der Waals surface area contributed by atoms with Crippen LogP contribution < -0.4 is 4.90 Å². The van der Waals surface area contributed by atoms with Gasteiger partial charge in [0.15, 0.2) is 10.7 Å². The van der Waals surface area contributed by atoms with Crippen molar-refractivity contribution >= 4 is 33.8 Å². The minimum absolute atomic E-state index is 0.000158. The Morgan fingerprint density at radius 2 is 1.92 bits per heavy atom. The summed E-state index contributed by atoms with van der Waals surface area (Å²) in [6, 6.07) is 7.81. The fourth-order valence-corrected chi connectivity index (χ4v) is 4.07. The first-order valence-corrected chi connectivity index (χ1v) is 9.54. The van der Waals surface area contributed by atoms with Crippen LogP contribution in [0.4, 0.5) is 5.69 Å². The first-order chi connectivity index (χ1) is 12.6. The summed E-state index contributed by atoms with van der Waals surface area (Å²) in [4.78, 5) is 21.5. The molecule has 0 saturated carbocycles. The monoisotopic (exact) mass is 367 g/mol. The molecule has 0 radical (unpaired) electrons. The van der Waals surface area contributed by atoms with Crippen molar-refractivity contribution in [3.8, 4) is 0 Å². The number of thiazole rings is 1. The molecule has 0 aliphatic carbocycles. The summed E-state index contributed by atoms with van der Waals surface area (Å²) >= 11 is 1.65. The number of morpholine rings is 1. The molecule has 0 unspecified atom stereocenters. The van der Waals surface area contributed by atoms with Gasteiger partial charge in [0.25, 0.3) is 0 Å². The second-order valence-electron chi connectivity index (χ2n) is 6.42. The zero-order chi connectivity index (χ0) is 18.1. The average molecular weight is 367 g/mol. The Hall–Kier alpha value is -2.44. The Bertz CT molecular complexity index is 963. The minimum Gasteiger partial charge on any atom is -0.378 e. The fraction of sp³-hybridized carbons (Fsp3) is 0.300. The number of anilines is 1. The maximum atomic E-state index is 12.5. The Kier molecular flexibility index (Phi) is 4.61. The zero-order valence-corrected chi connectivity index (χ0v) is 15.8. The van der Waals surface area contributed by atoms with Crippen molar-refractivity contribution in [2.45, 2.75) is 13.8 Å². The molecule has 2 aromatic heterocycles. The Labute approximate surface area is 156 Å². The van der Waals surface area contributed by atoms with Gasteiger partial charge in [0.2, 0.25) is 0 Å². The molecule has 3 aromatic rings. The second kappa shape index (κ2) is 7.05.